The molecule has 0 aromatic heterocycles. The van der Waals surface area contributed by atoms with Crippen molar-refractivity contribution >= 4 is 20.8 Å². The molecule has 0 aliphatic carbocycles. The van der Waals surface area contributed by atoms with Crippen LogP contribution in [0.5, 0.6) is 0 Å². The van der Waals surface area contributed by atoms with Crippen molar-refractivity contribution in [3.8, 4) is 0 Å². The zero-order valence-electron chi connectivity index (χ0n) is 4.90. The van der Waals surface area contributed by atoms with Crippen molar-refractivity contribution in [3.63, 3.8) is 0 Å². The van der Waals surface area contributed by atoms with Crippen LogP contribution in [0.2, 0.25) is 0 Å². The molecular formula is H2O9PtS2. The van der Waals surface area contributed by atoms with Crippen molar-refractivity contribution < 1.29 is 61.6 Å². The predicted octanol–water partition coefficient (Wildman–Crippen LogP) is -3.50. The van der Waals surface area contributed by atoms with Gasteiger partial charge in [0.1, 0.15) is 0 Å². The monoisotopic (exact) mass is 405 g/mol. The Balaban J connectivity index is -0.0000000457. The molecule has 0 aromatic rings. The Morgan fingerprint density at radius 3 is 0.667 bits per heavy atom. The van der Waals surface area contributed by atoms with Crippen molar-refractivity contribution in [3.05, 3.63) is 0 Å². The van der Waals surface area contributed by atoms with E-state index >= 15 is 0 Å². The molecule has 0 heterocycles. The maximum absolute atomic E-state index is 8.52. The van der Waals surface area contributed by atoms with Gasteiger partial charge in [0.25, 0.3) is 0 Å². The van der Waals surface area contributed by atoms with Crippen LogP contribution in [0.4, 0.5) is 0 Å². The molecule has 0 rings (SSSR count). The summed E-state index contributed by atoms with van der Waals surface area (Å²) in [7, 11) is -10.3. The topological polar surface area (TPSA) is 192 Å². The van der Waals surface area contributed by atoms with E-state index in [2.05, 4.69) is 0 Å². The fourth-order valence-electron chi connectivity index (χ4n) is 0. The summed E-state index contributed by atoms with van der Waals surface area (Å²) in [5, 5.41) is 0. The minimum atomic E-state index is -5.17. The minimum absolute atomic E-state index is 0. The van der Waals surface area contributed by atoms with Crippen LogP contribution in [0, 0.1) is 0 Å². The largest absolute Gasteiger partial charge is 4.00 e. The molecular weight excluding hydrogens is 403 g/mol. The first-order valence-corrected chi connectivity index (χ1v) is 4.00. The second kappa shape index (κ2) is 8.01. The number of rotatable bonds is 0. The van der Waals surface area contributed by atoms with Crippen molar-refractivity contribution in [1.29, 1.82) is 0 Å². The first-order valence-electron chi connectivity index (χ1n) is 1.33. The summed E-state index contributed by atoms with van der Waals surface area (Å²) in [6, 6.07) is 0. The molecule has 9 nitrogen and oxygen atoms in total. The quantitative estimate of drug-likeness (QED) is 0.292. The molecule has 0 fully saturated rings. The van der Waals surface area contributed by atoms with Crippen LogP contribution in [0.25, 0.3) is 0 Å². The summed E-state index contributed by atoms with van der Waals surface area (Å²) in [5.41, 5.74) is 0. The van der Waals surface area contributed by atoms with Crippen LogP contribution in [-0.2, 0) is 41.9 Å². The van der Waals surface area contributed by atoms with Gasteiger partial charge in [-0.05, 0) is 0 Å². The minimum Gasteiger partial charge on any atom is -0.759 e. The van der Waals surface area contributed by atoms with Crippen LogP contribution >= 0.6 is 0 Å². The number of hydrogen-bond acceptors (Lipinski definition) is 8. The van der Waals surface area contributed by atoms with Crippen molar-refractivity contribution in [2.24, 2.45) is 0 Å². The molecule has 12 heteroatoms. The summed E-state index contributed by atoms with van der Waals surface area (Å²) in [6.07, 6.45) is 0. The van der Waals surface area contributed by atoms with E-state index in [1.807, 2.05) is 0 Å². The zero-order chi connectivity index (χ0) is 9.00. The van der Waals surface area contributed by atoms with E-state index in [9.17, 15) is 0 Å². The summed E-state index contributed by atoms with van der Waals surface area (Å²) in [5.74, 6) is 0. The molecule has 0 amide bonds. The van der Waals surface area contributed by atoms with Gasteiger partial charge < -0.3 is 23.7 Å². The van der Waals surface area contributed by atoms with E-state index in [0.29, 0.717) is 0 Å². The van der Waals surface area contributed by atoms with Crippen LogP contribution in [-0.4, -0.2) is 40.5 Å². The van der Waals surface area contributed by atoms with E-state index in [1.54, 1.807) is 0 Å². The first kappa shape index (κ1) is 22.8. The third kappa shape index (κ3) is 6070. The van der Waals surface area contributed by atoms with Gasteiger partial charge in [-0.1, -0.05) is 0 Å². The summed E-state index contributed by atoms with van der Waals surface area (Å²) < 4.78 is 68.2. The average molecular weight is 405 g/mol. The first-order chi connectivity index (χ1) is 4.00. The third-order valence-electron chi connectivity index (χ3n) is 0. The van der Waals surface area contributed by atoms with Gasteiger partial charge in [0, 0.05) is 20.8 Å². The summed E-state index contributed by atoms with van der Waals surface area (Å²) in [6.45, 7) is 0. The van der Waals surface area contributed by atoms with Gasteiger partial charge in [-0.15, -0.1) is 0 Å². The molecule has 0 atom stereocenters. The van der Waals surface area contributed by atoms with Gasteiger partial charge in [0.15, 0.2) is 0 Å². The molecule has 0 aromatic carbocycles. The van der Waals surface area contributed by atoms with Gasteiger partial charge in [-0.25, -0.2) is 0 Å². The molecule has 0 aliphatic rings. The number of hydrogen-bond donors (Lipinski definition) is 0. The Hall–Kier alpha value is 0.388. The molecule has 12 heavy (non-hydrogen) atoms. The molecule has 0 radical (unpaired) electrons. The Kier molecular flexibility index (Phi) is 15.2. The molecule has 2 N–H and O–H groups in total. The fourth-order valence-corrected chi connectivity index (χ4v) is 0. The molecule has 0 bridgehead atoms. The normalized spacial score (nSPS) is 9.67. The van der Waals surface area contributed by atoms with Crippen LogP contribution in [0.3, 0.4) is 0 Å². The van der Waals surface area contributed by atoms with Gasteiger partial charge in [-0.3, -0.25) is 16.8 Å². The van der Waals surface area contributed by atoms with Gasteiger partial charge >= 0.3 is 21.1 Å². The Morgan fingerprint density at radius 2 is 0.667 bits per heavy atom. The van der Waals surface area contributed by atoms with Gasteiger partial charge in [-0.2, -0.15) is 0 Å². The zero-order valence-corrected chi connectivity index (χ0v) is 8.80. The average Bonchev–Trinajstić information content (AvgIpc) is 1.12. The molecule has 0 aliphatic heterocycles. The molecule has 0 unspecified atom stereocenters. The maximum atomic E-state index is 8.52. The van der Waals surface area contributed by atoms with E-state index in [4.69, 9.17) is 35.0 Å². The van der Waals surface area contributed by atoms with E-state index < -0.39 is 20.8 Å². The second-order valence-electron chi connectivity index (χ2n) is 0.816. The van der Waals surface area contributed by atoms with Crippen LogP contribution in [0.1, 0.15) is 0 Å². The van der Waals surface area contributed by atoms with Crippen molar-refractivity contribution in [1.82, 2.24) is 0 Å². The smallest absolute Gasteiger partial charge is 0.759 e. The molecule has 0 saturated heterocycles. The maximum Gasteiger partial charge on any atom is 4.00 e. The van der Waals surface area contributed by atoms with E-state index in [0.717, 1.165) is 0 Å². The van der Waals surface area contributed by atoms with Crippen molar-refractivity contribution in [2.45, 2.75) is 0 Å². The van der Waals surface area contributed by atoms with Crippen molar-refractivity contribution in [2.75, 3.05) is 0 Å². The fraction of sp³-hybridized carbons (Fsp3) is 0. The second-order valence-corrected chi connectivity index (χ2v) is 2.45. The summed E-state index contributed by atoms with van der Waals surface area (Å²) >= 11 is 0. The standard InChI is InChI=1S/2H2O4S.H2O.Pt/c2*1-5(2,3)4;;/h2*(H2,1,2,3,4);1H2;/q;;;+4/p-4. The van der Waals surface area contributed by atoms with E-state index in [-0.39, 0.29) is 26.5 Å². The van der Waals surface area contributed by atoms with E-state index in [1.165, 1.54) is 0 Å². The van der Waals surface area contributed by atoms with Crippen LogP contribution < -0.4 is 0 Å². The van der Waals surface area contributed by atoms with Crippen LogP contribution in [0.15, 0.2) is 0 Å². The Labute approximate surface area is 82.5 Å². The molecule has 78 valence electrons. The third-order valence-corrected chi connectivity index (χ3v) is 0. The van der Waals surface area contributed by atoms with Gasteiger partial charge in [0.05, 0.1) is 0 Å². The summed E-state index contributed by atoms with van der Waals surface area (Å²) in [4.78, 5) is 0. The Bertz CT molecular complexity index is 209. The predicted molar refractivity (Wildman–Crippen MR) is 24.6 cm³/mol. The van der Waals surface area contributed by atoms with Gasteiger partial charge in [0.2, 0.25) is 0 Å². The SMILES string of the molecule is O.O=S(=O)([O-])[O-].O=S(=O)([O-])[O-].[Pt+4]. The molecule has 0 saturated carbocycles. The Morgan fingerprint density at radius 1 is 0.667 bits per heavy atom. The molecule has 0 spiro atoms.